The molecule has 1 aliphatic rings. The maximum atomic E-state index is 12.2. The molecular weight excluding hydrogens is 302 g/mol. The molecule has 0 bridgehead atoms. The highest BCUT2D eigenvalue weighted by Crippen LogP contribution is 2.19. The minimum Gasteiger partial charge on any atom is -0.480 e. The molecule has 1 unspecified atom stereocenters. The van der Waals surface area contributed by atoms with E-state index in [9.17, 15) is 14.7 Å². The van der Waals surface area contributed by atoms with E-state index in [2.05, 4.69) is 6.92 Å². The quantitative estimate of drug-likeness (QED) is 0.472. The molecule has 0 spiro atoms. The van der Waals surface area contributed by atoms with Crippen LogP contribution in [0.4, 0.5) is 0 Å². The second-order valence-corrected chi connectivity index (χ2v) is 7.22. The average molecular weight is 340 g/mol. The number of carboxylic acids is 1. The maximum absolute atomic E-state index is 12.2. The van der Waals surface area contributed by atoms with Crippen molar-refractivity contribution in [2.75, 3.05) is 6.54 Å². The molecule has 140 valence electrons. The third-order valence-electron chi connectivity index (χ3n) is 5.10. The number of hydrogen-bond acceptors (Lipinski definition) is 2. The van der Waals surface area contributed by atoms with Gasteiger partial charge in [0, 0.05) is 13.0 Å². The van der Waals surface area contributed by atoms with Crippen LogP contribution in [0.25, 0.3) is 0 Å². The van der Waals surface area contributed by atoms with Gasteiger partial charge >= 0.3 is 5.97 Å². The first-order chi connectivity index (χ1) is 11.7. The smallest absolute Gasteiger partial charge is 0.326 e. The zero-order valence-corrected chi connectivity index (χ0v) is 15.6. The molecule has 4 nitrogen and oxygen atoms in total. The van der Waals surface area contributed by atoms with Crippen molar-refractivity contribution < 1.29 is 14.7 Å². The van der Waals surface area contributed by atoms with Crippen molar-refractivity contribution in [3.05, 3.63) is 0 Å². The summed E-state index contributed by atoms with van der Waals surface area (Å²) in [7, 11) is 0. The van der Waals surface area contributed by atoms with E-state index in [-0.39, 0.29) is 5.91 Å². The molecule has 0 aromatic heterocycles. The largest absolute Gasteiger partial charge is 0.480 e. The molecule has 24 heavy (non-hydrogen) atoms. The number of unbranched alkanes of at least 4 members (excludes halogenated alkanes) is 10. The molecular formula is C20H37NO3. The van der Waals surface area contributed by atoms with Gasteiger partial charge in [-0.1, -0.05) is 71.1 Å². The van der Waals surface area contributed by atoms with Gasteiger partial charge in [0.1, 0.15) is 6.04 Å². The Morgan fingerprint density at radius 2 is 1.42 bits per heavy atom. The Labute approximate surface area is 148 Å². The van der Waals surface area contributed by atoms with Crippen molar-refractivity contribution >= 4 is 11.9 Å². The Hall–Kier alpha value is -1.06. The van der Waals surface area contributed by atoms with Crippen molar-refractivity contribution in [1.29, 1.82) is 0 Å². The lowest BCUT2D eigenvalue weighted by Crippen LogP contribution is -2.47. The van der Waals surface area contributed by atoms with Crippen molar-refractivity contribution in [2.24, 2.45) is 0 Å². The van der Waals surface area contributed by atoms with Crippen LogP contribution in [0.1, 0.15) is 103 Å². The van der Waals surface area contributed by atoms with Crippen LogP contribution in [0.2, 0.25) is 0 Å². The molecule has 1 fully saturated rings. The van der Waals surface area contributed by atoms with Gasteiger partial charge in [-0.3, -0.25) is 4.79 Å². The van der Waals surface area contributed by atoms with Gasteiger partial charge in [0.25, 0.3) is 0 Å². The van der Waals surface area contributed by atoms with Gasteiger partial charge in [-0.2, -0.15) is 0 Å². The highest BCUT2D eigenvalue weighted by Gasteiger charge is 2.31. The summed E-state index contributed by atoms with van der Waals surface area (Å²) in [6.07, 6.45) is 16.9. The lowest BCUT2D eigenvalue weighted by Gasteiger charge is -2.33. The summed E-state index contributed by atoms with van der Waals surface area (Å²) in [5, 5.41) is 9.22. The SMILES string of the molecule is CCCCCCCCCCCCCC(=O)N1CCCCC1C(=O)O. The minimum absolute atomic E-state index is 0.0398. The number of carbonyl (C=O) groups is 2. The number of aliphatic carboxylic acids is 1. The lowest BCUT2D eigenvalue weighted by atomic mass is 10.0. The molecule has 1 heterocycles. The molecule has 0 aromatic rings. The minimum atomic E-state index is -0.845. The average Bonchev–Trinajstić information content (AvgIpc) is 2.59. The van der Waals surface area contributed by atoms with Gasteiger partial charge in [0.15, 0.2) is 0 Å². The summed E-state index contributed by atoms with van der Waals surface area (Å²) in [6.45, 7) is 2.87. The standard InChI is InChI=1S/C20H37NO3/c1-2-3-4-5-6-7-8-9-10-11-12-16-19(22)21-17-14-13-15-18(21)20(23)24/h18H,2-17H2,1H3,(H,23,24). The number of hydrogen-bond donors (Lipinski definition) is 1. The number of piperidine rings is 1. The van der Waals surface area contributed by atoms with Crippen molar-refractivity contribution in [3.8, 4) is 0 Å². The number of carboxylic acid groups (broad SMARTS) is 1. The Balaban J connectivity index is 2.00. The summed E-state index contributed by atoms with van der Waals surface area (Å²) in [6, 6.07) is -0.584. The second kappa shape index (κ2) is 13.3. The van der Waals surface area contributed by atoms with Crippen LogP contribution in [0.15, 0.2) is 0 Å². The molecule has 0 aromatic carbocycles. The zero-order valence-electron chi connectivity index (χ0n) is 15.6. The molecule has 1 amide bonds. The van der Waals surface area contributed by atoms with E-state index in [4.69, 9.17) is 0 Å². The molecule has 1 atom stereocenters. The van der Waals surface area contributed by atoms with Crippen molar-refractivity contribution in [3.63, 3.8) is 0 Å². The first-order valence-corrected chi connectivity index (χ1v) is 10.2. The van der Waals surface area contributed by atoms with E-state index in [1.54, 1.807) is 4.90 Å². The molecule has 1 N–H and O–H groups in total. The molecule has 1 aliphatic heterocycles. The van der Waals surface area contributed by atoms with E-state index < -0.39 is 12.0 Å². The predicted molar refractivity (Wildman–Crippen MR) is 98.1 cm³/mol. The third kappa shape index (κ3) is 8.70. The van der Waals surface area contributed by atoms with Crippen LogP contribution in [-0.4, -0.2) is 34.5 Å². The van der Waals surface area contributed by atoms with Crippen LogP contribution in [0, 0.1) is 0 Å². The number of rotatable bonds is 13. The summed E-state index contributed by atoms with van der Waals surface area (Å²) >= 11 is 0. The van der Waals surface area contributed by atoms with Crippen LogP contribution < -0.4 is 0 Å². The summed E-state index contributed by atoms with van der Waals surface area (Å²) < 4.78 is 0. The van der Waals surface area contributed by atoms with E-state index >= 15 is 0 Å². The number of nitrogens with zero attached hydrogens (tertiary/aromatic N) is 1. The molecule has 0 saturated carbocycles. The van der Waals surface area contributed by atoms with Crippen molar-refractivity contribution in [2.45, 2.75) is 109 Å². The van der Waals surface area contributed by atoms with Gasteiger partial charge in [0.05, 0.1) is 0 Å². The number of carbonyl (C=O) groups excluding carboxylic acids is 1. The van der Waals surface area contributed by atoms with Crippen LogP contribution in [-0.2, 0) is 9.59 Å². The second-order valence-electron chi connectivity index (χ2n) is 7.22. The Morgan fingerprint density at radius 3 is 1.96 bits per heavy atom. The number of amides is 1. The van der Waals surface area contributed by atoms with E-state index in [0.29, 0.717) is 19.4 Å². The zero-order chi connectivity index (χ0) is 17.6. The molecule has 0 radical (unpaired) electrons. The fraction of sp³-hybridized carbons (Fsp3) is 0.900. The monoisotopic (exact) mass is 339 g/mol. The van der Waals surface area contributed by atoms with Gasteiger partial charge in [-0.25, -0.2) is 4.79 Å². The first-order valence-electron chi connectivity index (χ1n) is 10.2. The fourth-order valence-corrected chi connectivity index (χ4v) is 3.57. The third-order valence-corrected chi connectivity index (χ3v) is 5.10. The summed E-state index contributed by atoms with van der Waals surface area (Å²) in [5.74, 6) is -0.806. The molecule has 4 heteroatoms. The van der Waals surface area contributed by atoms with Crippen molar-refractivity contribution in [1.82, 2.24) is 4.90 Å². The lowest BCUT2D eigenvalue weighted by molar-refractivity contribution is -0.152. The maximum Gasteiger partial charge on any atom is 0.326 e. The summed E-state index contributed by atoms with van der Waals surface area (Å²) in [5.41, 5.74) is 0. The molecule has 0 aliphatic carbocycles. The van der Waals surface area contributed by atoms with Crippen LogP contribution >= 0.6 is 0 Å². The Bertz CT molecular complexity index is 357. The van der Waals surface area contributed by atoms with Gasteiger partial charge in [0.2, 0.25) is 5.91 Å². The fourth-order valence-electron chi connectivity index (χ4n) is 3.57. The van der Waals surface area contributed by atoms with Gasteiger partial charge in [-0.05, 0) is 25.7 Å². The van der Waals surface area contributed by atoms with Gasteiger partial charge in [-0.15, -0.1) is 0 Å². The van der Waals surface area contributed by atoms with E-state index in [1.807, 2.05) is 0 Å². The Morgan fingerprint density at radius 1 is 0.875 bits per heavy atom. The number of likely N-dealkylation sites (tertiary alicyclic amines) is 1. The van der Waals surface area contributed by atoms with Crippen LogP contribution in [0.5, 0.6) is 0 Å². The molecule has 1 rings (SSSR count). The highest BCUT2D eigenvalue weighted by atomic mass is 16.4. The Kier molecular flexibility index (Phi) is 11.6. The predicted octanol–water partition coefficient (Wildman–Crippen LogP) is 5.15. The van der Waals surface area contributed by atoms with E-state index in [1.165, 1.54) is 57.8 Å². The van der Waals surface area contributed by atoms with Crippen LogP contribution in [0.3, 0.4) is 0 Å². The van der Waals surface area contributed by atoms with E-state index in [0.717, 1.165) is 25.7 Å². The molecule has 1 saturated heterocycles. The topological polar surface area (TPSA) is 57.6 Å². The van der Waals surface area contributed by atoms with Gasteiger partial charge < -0.3 is 10.0 Å². The summed E-state index contributed by atoms with van der Waals surface area (Å²) in [4.78, 5) is 25.1. The normalized spacial score (nSPS) is 17.9. The highest BCUT2D eigenvalue weighted by molar-refractivity contribution is 5.83. The first kappa shape index (κ1) is 21.0.